The zero-order valence-electron chi connectivity index (χ0n) is 23.5. The van der Waals surface area contributed by atoms with Crippen molar-refractivity contribution in [2.45, 2.75) is 123 Å². The summed E-state index contributed by atoms with van der Waals surface area (Å²) >= 11 is 0. The van der Waals surface area contributed by atoms with Gasteiger partial charge in [0.25, 0.3) is 0 Å². The molecule has 1 aliphatic rings. The van der Waals surface area contributed by atoms with Crippen LogP contribution in [0, 0.1) is 22.7 Å². The van der Waals surface area contributed by atoms with E-state index in [0.29, 0.717) is 5.92 Å². The lowest BCUT2D eigenvalue weighted by Gasteiger charge is -2.35. The quantitative estimate of drug-likeness (QED) is 0.202. The van der Waals surface area contributed by atoms with Gasteiger partial charge in [0.15, 0.2) is 5.82 Å². The minimum absolute atomic E-state index is 0.0887. The molecule has 1 saturated carbocycles. The van der Waals surface area contributed by atoms with Crippen molar-refractivity contribution in [3.8, 4) is 23.2 Å². The first-order valence-corrected chi connectivity index (χ1v) is 15.1. The summed E-state index contributed by atoms with van der Waals surface area (Å²) in [6.07, 6.45) is 24.6. The average molecular weight is 504 g/mol. The SMILES string of the molecule is CCCCCCCCc1cnc(-c2ccc(OC[C@H]3CC[C@@](C#N)(CCCCCCC)CC3)cc2)nc1. The molecule has 3 rings (SSSR count). The average Bonchev–Trinajstić information content (AvgIpc) is 2.95. The molecule has 1 aromatic heterocycles. The van der Waals surface area contributed by atoms with Crippen LogP contribution in [-0.2, 0) is 6.42 Å². The smallest absolute Gasteiger partial charge is 0.159 e. The molecule has 0 amide bonds. The molecule has 0 atom stereocenters. The molecule has 1 heterocycles. The molecule has 4 heteroatoms. The van der Waals surface area contributed by atoms with E-state index in [9.17, 15) is 5.26 Å². The van der Waals surface area contributed by atoms with Gasteiger partial charge in [-0.05, 0) is 80.7 Å². The van der Waals surface area contributed by atoms with Crippen LogP contribution in [0.5, 0.6) is 5.75 Å². The van der Waals surface area contributed by atoms with Gasteiger partial charge in [0.2, 0.25) is 0 Å². The van der Waals surface area contributed by atoms with Gasteiger partial charge in [-0.15, -0.1) is 0 Å². The van der Waals surface area contributed by atoms with Crippen molar-refractivity contribution in [3.05, 3.63) is 42.2 Å². The van der Waals surface area contributed by atoms with Crippen molar-refractivity contribution in [1.29, 1.82) is 5.26 Å². The van der Waals surface area contributed by atoms with E-state index in [-0.39, 0.29) is 5.41 Å². The molecule has 4 nitrogen and oxygen atoms in total. The molecule has 1 aromatic carbocycles. The number of unbranched alkanes of at least 4 members (excludes halogenated alkanes) is 9. The van der Waals surface area contributed by atoms with Gasteiger partial charge < -0.3 is 4.74 Å². The summed E-state index contributed by atoms with van der Waals surface area (Å²) in [5, 5.41) is 9.86. The summed E-state index contributed by atoms with van der Waals surface area (Å²) in [6, 6.07) is 10.9. The van der Waals surface area contributed by atoms with Crippen LogP contribution in [0.4, 0.5) is 0 Å². The summed E-state index contributed by atoms with van der Waals surface area (Å²) in [5.74, 6) is 2.22. The van der Waals surface area contributed by atoms with Gasteiger partial charge in [0.1, 0.15) is 5.75 Å². The third kappa shape index (κ3) is 10.1. The molecular weight excluding hydrogens is 454 g/mol. The van der Waals surface area contributed by atoms with Crippen LogP contribution in [-0.4, -0.2) is 16.6 Å². The molecule has 0 unspecified atom stereocenters. The predicted octanol–water partition coefficient (Wildman–Crippen LogP) is 9.49. The van der Waals surface area contributed by atoms with E-state index in [1.807, 2.05) is 24.5 Å². The van der Waals surface area contributed by atoms with Crippen LogP contribution in [0.15, 0.2) is 36.7 Å². The van der Waals surface area contributed by atoms with E-state index in [4.69, 9.17) is 4.74 Å². The molecule has 1 aliphatic carbocycles. The molecule has 0 N–H and O–H groups in total. The van der Waals surface area contributed by atoms with Crippen molar-refractivity contribution < 1.29 is 4.74 Å². The van der Waals surface area contributed by atoms with Gasteiger partial charge in [0, 0.05) is 18.0 Å². The molecular formula is C33H49N3O. The predicted molar refractivity (Wildman–Crippen MR) is 153 cm³/mol. The highest BCUT2D eigenvalue weighted by Gasteiger charge is 2.35. The first kappa shape index (κ1) is 29.2. The van der Waals surface area contributed by atoms with Gasteiger partial charge in [-0.1, -0.05) is 78.1 Å². The Kier molecular flexibility index (Phi) is 12.9. The van der Waals surface area contributed by atoms with E-state index in [1.54, 1.807) is 0 Å². The summed E-state index contributed by atoms with van der Waals surface area (Å²) in [5.41, 5.74) is 2.16. The minimum atomic E-state index is -0.0887. The topological polar surface area (TPSA) is 58.8 Å². The largest absolute Gasteiger partial charge is 0.493 e. The van der Waals surface area contributed by atoms with Gasteiger partial charge in [-0.2, -0.15) is 5.26 Å². The lowest BCUT2D eigenvalue weighted by atomic mass is 9.69. The van der Waals surface area contributed by atoms with E-state index in [0.717, 1.165) is 62.3 Å². The second-order valence-electron chi connectivity index (χ2n) is 11.3. The Labute approximate surface area is 226 Å². The maximum absolute atomic E-state index is 9.86. The Morgan fingerprint density at radius 1 is 0.838 bits per heavy atom. The second-order valence-corrected chi connectivity index (χ2v) is 11.3. The molecule has 37 heavy (non-hydrogen) atoms. The molecule has 0 aliphatic heterocycles. The lowest BCUT2D eigenvalue weighted by Crippen LogP contribution is -2.28. The third-order valence-corrected chi connectivity index (χ3v) is 8.18. The van der Waals surface area contributed by atoms with Crippen LogP contribution in [0.25, 0.3) is 11.4 Å². The zero-order valence-corrected chi connectivity index (χ0v) is 23.5. The maximum Gasteiger partial charge on any atom is 0.159 e. The number of hydrogen-bond acceptors (Lipinski definition) is 4. The molecule has 0 saturated heterocycles. The highest BCUT2D eigenvalue weighted by atomic mass is 16.5. The molecule has 0 radical (unpaired) electrons. The standard InChI is InChI=1S/C33H49N3O/c1-3-5-7-9-10-12-14-29-24-35-32(36-25-29)30-15-17-31(18-16-30)37-26-28-19-22-33(27-34,23-20-28)21-13-11-8-6-4-2/h15-18,24-25,28H,3-14,19-23,26H2,1-2H3/t28-,33-. The highest BCUT2D eigenvalue weighted by molar-refractivity contribution is 5.55. The monoisotopic (exact) mass is 503 g/mol. The van der Waals surface area contributed by atoms with Crippen LogP contribution in [0.1, 0.15) is 122 Å². The Balaban J connectivity index is 1.37. The molecule has 1 fully saturated rings. The van der Waals surface area contributed by atoms with E-state index in [1.165, 1.54) is 76.2 Å². The first-order chi connectivity index (χ1) is 18.2. The third-order valence-electron chi connectivity index (χ3n) is 8.18. The van der Waals surface area contributed by atoms with Crippen molar-refractivity contribution in [2.75, 3.05) is 6.61 Å². The Morgan fingerprint density at radius 3 is 2.05 bits per heavy atom. The summed E-state index contributed by atoms with van der Waals surface area (Å²) in [7, 11) is 0. The second kappa shape index (κ2) is 16.4. The fourth-order valence-electron chi connectivity index (χ4n) is 5.54. The van der Waals surface area contributed by atoms with Crippen molar-refractivity contribution in [3.63, 3.8) is 0 Å². The number of aromatic nitrogens is 2. The first-order valence-electron chi connectivity index (χ1n) is 15.1. The number of ether oxygens (including phenoxy) is 1. The van der Waals surface area contributed by atoms with Gasteiger partial charge in [-0.25, -0.2) is 9.97 Å². The normalized spacial score (nSPS) is 19.4. The van der Waals surface area contributed by atoms with Gasteiger partial charge >= 0.3 is 0 Å². The number of nitriles is 1. The Morgan fingerprint density at radius 2 is 1.43 bits per heavy atom. The van der Waals surface area contributed by atoms with E-state index >= 15 is 0 Å². The minimum Gasteiger partial charge on any atom is -0.493 e. The summed E-state index contributed by atoms with van der Waals surface area (Å²) in [4.78, 5) is 9.21. The highest BCUT2D eigenvalue weighted by Crippen LogP contribution is 2.42. The Hall–Kier alpha value is -2.41. The number of benzene rings is 1. The Bertz CT molecular complexity index is 908. The van der Waals surface area contributed by atoms with Gasteiger partial charge in [-0.3, -0.25) is 0 Å². The van der Waals surface area contributed by atoms with Crippen molar-refractivity contribution in [1.82, 2.24) is 9.97 Å². The van der Waals surface area contributed by atoms with E-state index < -0.39 is 0 Å². The van der Waals surface area contributed by atoms with Crippen molar-refractivity contribution >= 4 is 0 Å². The molecule has 2 aromatic rings. The summed E-state index contributed by atoms with van der Waals surface area (Å²) < 4.78 is 6.14. The summed E-state index contributed by atoms with van der Waals surface area (Å²) in [6.45, 7) is 5.24. The van der Waals surface area contributed by atoms with Crippen LogP contribution >= 0.6 is 0 Å². The molecule has 202 valence electrons. The molecule has 0 bridgehead atoms. The lowest BCUT2D eigenvalue weighted by molar-refractivity contribution is 0.144. The van der Waals surface area contributed by atoms with Crippen LogP contribution in [0.2, 0.25) is 0 Å². The van der Waals surface area contributed by atoms with Gasteiger partial charge in [0.05, 0.1) is 18.1 Å². The number of nitrogens with zero attached hydrogens (tertiary/aromatic N) is 3. The van der Waals surface area contributed by atoms with E-state index in [2.05, 4.69) is 42.0 Å². The fraction of sp³-hybridized carbons (Fsp3) is 0.667. The maximum atomic E-state index is 9.86. The zero-order chi connectivity index (χ0) is 26.2. The number of aryl methyl sites for hydroxylation is 1. The number of rotatable bonds is 17. The van der Waals surface area contributed by atoms with Crippen molar-refractivity contribution in [2.24, 2.45) is 11.3 Å². The van der Waals surface area contributed by atoms with Crippen LogP contribution in [0.3, 0.4) is 0 Å². The number of hydrogen-bond donors (Lipinski definition) is 0. The van der Waals surface area contributed by atoms with Crippen LogP contribution < -0.4 is 4.74 Å². The molecule has 0 spiro atoms. The fourth-order valence-corrected chi connectivity index (χ4v) is 5.54.